The van der Waals surface area contributed by atoms with Crippen LogP contribution in [0.1, 0.15) is 25.8 Å². The molecule has 2 aromatic heterocycles. The fraction of sp³-hybridized carbons (Fsp3) is 0.348. The number of nitrogens with two attached hydrogens (primary N) is 1. The van der Waals surface area contributed by atoms with Crippen molar-refractivity contribution < 1.29 is 19.0 Å². The fourth-order valence-corrected chi connectivity index (χ4v) is 3.73. The van der Waals surface area contributed by atoms with Gasteiger partial charge in [-0.15, -0.1) is 0 Å². The predicted octanol–water partition coefficient (Wildman–Crippen LogP) is 3.83. The number of hydrogen-bond acceptors (Lipinski definition) is 6. The third kappa shape index (κ3) is 5.78. The lowest BCUT2D eigenvalue weighted by molar-refractivity contribution is -0.128. The molecule has 8 nitrogen and oxygen atoms in total. The van der Waals surface area contributed by atoms with Gasteiger partial charge in [-0.2, -0.15) is 5.10 Å². The summed E-state index contributed by atoms with van der Waals surface area (Å²) in [4.78, 5) is 16.7. The van der Waals surface area contributed by atoms with E-state index in [1.807, 2.05) is 0 Å². The quantitative estimate of drug-likeness (QED) is 0.282. The summed E-state index contributed by atoms with van der Waals surface area (Å²) in [5.74, 6) is -0.234. The summed E-state index contributed by atoms with van der Waals surface area (Å²) in [7, 11) is 0. The van der Waals surface area contributed by atoms with Crippen molar-refractivity contribution in [3.8, 4) is 16.9 Å². The zero-order chi connectivity index (χ0) is 24.9. The molecular formula is C23H26Cl2FN5O3. The first-order valence-corrected chi connectivity index (χ1v) is 11.4. The summed E-state index contributed by atoms with van der Waals surface area (Å²) in [6.45, 7) is 4.02. The van der Waals surface area contributed by atoms with Crippen LogP contribution in [-0.2, 0) is 16.8 Å². The molecule has 1 amide bonds. The second-order valence-corrected chi connectivity index (χ2v) is 8.88. The lowest BCUT2D eigenvalue weighted by atomic mass is 10.0. The number of carbonyl (C=O) groups is 1. The molecule has 0 fully saturated rings. The first kappa shape index (κ1) is 25.7. The van der Waals surface area contributed by atoms with Crippen LogP contribution in [0.3, 0.4) is 0 Å². The highest BCUT2D eigenvalue weighted by Crippen LogP contribution is 2.30. The van der Waals surface area contributed by atoms with Gasteiger partial charge in [-0.1, -0.05) is 23.2 Å². The van der Waals surface area contributed by atoms with Crippen molar-refractivity contribution in [2.45, 2.75) is 32.2 Å². The van der Waals surface area contributed by atoms with Crippen molar-refractivity contribution in [1.82, 2.24) is 20.1 Å². The fourth-order valence-electron chi connectivity index (χ4n) is 3.17. The summed E-state index contributed by atoms with van der Waals surface area (Å²) >= 11 is 12.1. The Kier molecular flexibility index (Phi) is 8.35. The van der Waals surface area contributed by atoms with Gasteiger partial charge in [0.2, 0.25) is 5.91 Å². The number of benzene rings is 1. The Morgan fingerprint density at radius 1 is 1.29 bits per heavy atom. The topological polar surface area (TPSA) is 115 Å². The second kappa shape index (κ2) is 11.0. The van der Waals surface area contributed by atoms with Gasteiger partial charge in [0.1, 0.15) is 11.4 Å². The average molecular weight is 510 g/mol. The predicted molar refractivity (Wildman–Crippen MR) is 130 cm³/mol. The molecule has 0 saturated heterocycles. The SMILES string of the molecule is CC(C)(C(=O)NCCCO)n1cc(-c2cnc(N)c(OCCc3c(Cl)ccc(F)c3Cl)c2)cn1. The number of halogens is 3. The number of anilines is 1. The molecule has 11 heteroatoms. The minimum atomic E-state index is -0.947. The molecule has 0 radical (unpaired) electrons. The highest BCUT2D eigenvalue weighted by Gasteiger charge is 2.30. The number of ether oxygens (including phenoxy) is 1. The van der Waals surface area contributed by atoms with Gasteiger partial charge in [0.05, 0.1) is 17.8 Å². The number of nitrogens with one attached hydrogen (secondary N) is 1. The van der Waals surface area contributed by atoms with E-state index in [9.17, 15) is 9.18 Å². The van der Waals surface area contributed by atoms with E-state index in [4.69, 9.17) is 38.8 Å². The summed E-state index contributed by atoms with van der Waals surface area (Å²) in [5.41, 5.74) is 6.87. The summed E-state index contributed by atoms with van der Waals surface area (Å²) < 4.78 is 21.1. The van der Waals surface area contributed by atoms with Gasteiger partial charge in [-0.25, -0.2) is 9.37 Å². The van der Waals surface area contributed by atoms with Crippen LogP contribution in [0.5, 0.6) is 5.75 Å². The van der Waals surface area contributed by atoms with E-state index >= 15 is 0 Å². The van der Waals surface area contributed by atoms with E-state index in [1.165, 1.54) is 12.1 Å². The van der Waals surface area contributed by atoms with Crippen molar-refractivity contribution >= 4 is 34.9 Å². The summed E-state index contributed by atoms with van der Waals surface area (Å²) in [6, 6.07) is 4.37. The molecule has 0 aliphatic carbocycles. The second-order valence-electron chi connectivity index (χ2n) is 8.09. The average Bonchev–Trinajstić information content (AvgIpc) is 3.31. The molecule has 0 spiro atoms. The maximum atomic E-state index is 13.7. The van der Waals surface area contributed by atoms with E-state index in [2.05, 4.69) is 15.4 Å². The maximum absolute atomic E-state index is 13.7. The molecule has 0 saturated carbocycles. The number of pyridine rings is 1. The number of rotatable bonds is 10. The van der Waals surface area contributed by atoms with Gasteiger partial charge in [0.15, 0.2) is 11.6 Å². The third-order valence-electron chi connectivity index (χ3n) is 5.30. The highest BCUT2D eigenvalue weighted by molar-refractivity contribution is 6.36. The Balaban J connectivity index is 1.72. The first-order valence-electron chi connectivity index (χ1n) is 10.6. The maximum Gasteiger partial charge on any atom is 0.247 e. The highest BCUT2D eigenvalue weighted by atomic mass is 35.5. The molecule has 4 N–H and O–H groups in total. The Labute approximate surface area is 206 Å². The molecule has 1 aromatic carbocycles. The molecule has 0 unspecified atom stereocenters. The van der Waals surface area contributed by atoms with Gasteiger partial charge in [-0.05, 0) is 44.0 Å². The number of carbonyl (C=O) groups excluding carboxylic acids is 1. The van der Waals surface area contributed by atoms with Gasteiger partial charge in [0, 0.05) is 48.1 Å². The normalized spacial score (nSPS) is 11.5. The zero-order valence-corrected chi connectivity index (χ0v) is 20.3. The van der Waals surface area contributed by atoms with Crippen LogP contribution in [0.25, 0.3) is 11.1 Å². The van der Waals surface area contributed by atoms with Gasteiger partial charge in [-0.3, -0.25) is 9.48 Å². The van der Waals surface area contributed by atoms with Crippen LogP contribution >= 0.6 is 23.2 Å². The van der Waals surface area contributed by atoms with Crippen LogP contribution in [0.4, 0.5) is 10.2 Å². The van der Waals surface area contributed by atoms with E-state index in [0.717, 1.165) is 0 Å². The monoisotopic (exact) mass is 509 g/mol. The van der Waals surface area contributed by atoms with Crippen LogP contribution in [-0.4, -0.2) is 45.5 Å². The molecule has 0 bridgehead atoms. The Morgan fingerprint density at radius 2 is 2.06 bits per heavy atom. The van der Waals surface area contributed by atoms with Crippen LogP contribution in [0, 0.1) is 5.82 Å². The third-order valence-corrected chi connectivity index (χ3v) is 6.06. The number of amides is 1. The van der Waals surface area contributed by atoms with E-state index in [0.29, 0.717) is 40.4 Å². The number of aromatic nitrogens is 3. The number of nitrogen functional groups attached to an aromatic ring is 1. The van der Waals surface area contributed by atoms with E-state index in [-0.39, 0.29) is 36.4 Å². The lowest BCUT2D eigenvalue weighted by Gasteiger charge is -2.24. The molecule has 0 aliphatic heterocycles. The number of nitrogens with zero attached hydrogens (tertiary/aromatic N) is 3. The standard InChI is InChI=1S/C23H26Cl2FN5O3/c1-23(2,22(33)28-7-3-8-32)31-13-15(12-30-31)14-10-19(21(27)29-11-14)34-9-6-16-17(24)4-5-18(26)20(16)25/h4-5,10-13,32H,3,6-9H2,1-2H3,(H2,27,29)(H,28,33). The van der Waals surface area contributed by atoms with Crippen LogP contribution < -0.4 is 15.8 Å². The minimum Gasteiger partial charge on any atom is -0.489 e. The molecule has 0 atom stereocenters. The van der Waals surface area contributed by atoms with Gasteiger partial charge in [0.25, 0.3) is 0 Å². The smallest absolute Gasteiger partial charge is 0.247 e. The molecule has 3 rings (SSSR count). The number of hydrogen-bond donors (Lipinski definition) is 3. The Morgan fingerprint density at radius 3 is 2.79 bits per heavy atom. The van der Waals surface area contributed by atoms with Crippen LogP contribution in [0.2, 0.25) is 10.0 Å². The van der Waals surface area contributed by atoms with E-state index in [1.54, 1.807) is 43.2 Å². The Bertz CT molecular complexity index is 1170. The minimum absolute atomic E-state index is 0.00346. The lowest BCUT2D eigenvalue weighted by Crippen LogP contribution is -2.45. The van der Waals surface area contributed by atoms with Crippen molar-refractivity contribution in [3.05, 3.63) is 58.2 Å². The molecule has 34 heavy (non-hydrogen) atoms. The van der Waals surface area contributed by atoms with Crippen molar-refractivity contribution in [3.63, 3.8) is 0 Å². The largest absolute Gasteiger partial charge is 0.489 e. The van der Waals surface area contributed by atoms with Crippen molar-refractivity contribution in [2.75, 3.05) is 25.5 Å². The molecular weight excluding hydrogens is 484 g/mol. The number of aliphatic hydroxyl groups is 1. The number of aliphatic hydroxyl groups excluding tert-OH is 1. The zero-order valence-electron chi connectivity index (χ0n) is 18.8. The molecule has 2 heterocycles. The molecule has 3 aromatic rings. The summed E-state index contributed by atoms with van der Waals surface area (Å²) in [6.07, 6.45) is 5.68. The van der Waals surface area contributed by atoms with Crippen molar-refractivity contribution in [1.29, 1.82) is 0 Å². The van der Waals surface area contributed by atoms with Gasteiger partial charge < -0.3 is 20.9 Å². The van der Waals surface area contributed by atoms with Crippen LogP contribution in [0.15, 0.2) is 36.8 Å². The van der Waals surface area contributed by atoms with E-state index < -0.39 is 11.4 Å². The molecule has 0 aliphatic rings. The first-order chi connectivity index (χ1) is 16.1. The Hall–Kier alpha value is -2.88. The summed E-state index contributed by atoms with van der Waals surface area (Å²) in [5, 5.41) is 16.3. The molecule has 182 valence electrons. The van der Waals surface area contributed by atoms with Crippen molar-refractivity contribution in [2.24, 2.45) is 0 Å². The van der Waals surface area contributed by atoms with Gasteiger partial charge >= 0.3 is 0 Å².